The molecule has 0 radical (unpaired) electrons. The molecule has 1 heterocycles. The molecular weight excluding hydrogens is 268 g/mol. The Morgan fingerprint density at radius 1 is 1.53 bits per heavy atom. The number of ether oxygens (including phenoxy) is 1. The summed E-state index contributed by atoms with van der Waals surface area (Å²) in [6.45, 7) is 4.06. The second-order valence-corrected chi connectivity index (χ2v) is 6.04. The van der Waals surface area contributed by atoms with E-state index in [0.29, 0.717) is 24.4 Å². The van der Waals surface area contributed by atoms with Crippen LogP contribution in [-0.4, -0.2) is 38.4 Å². The molecule has 1 unspecified atom stereocenters. The minimum atomic E-state index is -3.64. The van der Waals surface area contributed by atoms with Crippen molar-refractivity contribution in [3.63, 3.8) is 0 Å². The smallest absolute Gasteiger partial charge is 0.244 e. The second kappa shape index (κ2) is 6.99. The van der Waals surface area contributed by atoms with E-state index in [2.05, 4.69) is 14.9 Å². The monoisotopic (exact) mass is 290 g/mol. The van der Waals surface area contributed by atoms with Gasteiger partial charge in [-0.25, -0.2) is 13.1 Å². The minimum Gasteiger partial charge on any atom is -0.383 e. The summed E-state index contributed by atoms with van der Waals surface area (Å²) in [6, 6.07) is -0.250. The van der Waals surface area contributed by atoms with Gasteiger partial charge in [-0.3, -0.25) is 5.10 Å². The van der Waals surface area contributed by atoms with E-state index in [4.69, 9.17) is 10.5 Å². The van der Waals surface area contributed by atoms with Gasteiger partial charge in [0.1, 0.15) is 4.90 Å². The summed E-state index contributed by atoms with van der Waals surface area (Å²) in [5.74, 6) is 0. The number of nitrogens with two attached hydrogens (primary N) is 1. The zero-order valence-electron chi connectivity index (χ0n) is 11.6. The first-order valence-electron chi connectivity index (χ1n) is 6.21. The average Bonchev–Trinajstić information content (AvgIpc) is 2.71. The lowest BCUT2D eigenvalue weighted by molar-refractivity contribution is 0.171. The molecule has 4 N–H and O–H groups in total. The molecule has 1 aromatic heterocycles. The lowest BCUT2D eigenvalue weighted by atomic mass is 10.2. The summed E-state index contributed by atoms with van der Waals surface area (Å²) in [4.78, 5) is 0.146. The molecule has 19 heavy (non-hydrogen) atoms. The first-order chi connectivity index (χ1) is 8.96. The highest BCUT2D eigenvalue weighted by atomic mass is 32.2. The maximum Gasteiger partial charge on any atom is 0.244 e. The number of aromatic nitrogens is 2. The molecule has 1 aromatic rings. The van der Waals surface area contributed by atoms with E-state index in [0.717, 1.165) is 6.42 Å². The van der Waals surface area contributed by atoms with Gasteiger partial charge in [-0.05, 0) is 13.3 Å². The third kappa shape index (κ3) is 4.00. The number of nitrogens with one attached hydrogen (secondary N) is 2. The third-order valence-corrected chi connectivity index (χ3v) is 4.47. The molecule has 0 spiro atoms. The Morgan fingerprint density at radius 3 is 2.74 bits per heavy atom. The van der Waals surface area contributed by atoms with Crippen LogP contribution < -0.4 is 10.5 Å². The summed E-state index contributed by atoms with van der Waals surface area (Å²) in [7, 11) is -2.09. The van der Waals surface area contributed by atoms with Crippen molar-refractivity contribution in [3.8, 4) is 0 Å². The van der Waals surface area contributed by atoms with Gasteiger partial charge in [0.15, 0.2) is 0 Å². The Balaban J connectivity index is 2.99. The Hall–Kier alpha value is -0.960. The van der Waals surface area contributed by atoms with Crippen LogP contribution in [0.5, 0.6) is 0 Å². The van der Waals surface area contributed by atoms with Crippen LogP contribution in [0.1, 0.15) is 31.2 Å². The van der Waals surface area contributed by atoms with Crippen LogP contribution in [0, 0.1) is 6.92 Å². The molecule has 0 aromatic carbocycles. The van der Waals surface area contributed by atoms with Crippen LogP contribution in [0.3, 0.4) is 0 Å². The van der Waals surface area contributed by atoms with E-state index < -0.39 is 10.0 Å². The maximum atomic E-state index is 12.4. The molecule has 0 aliphatic rings. The topological polar surface area (TPSA) is 110 Å². The molecule has 0 fully saturated rings. The average molecular weight is 290 g/mol. The van der Waals surface area contributed by atoms with Crippen molar-refractivity contribution >= 4 is 10.0 Å². The summed E-state index contributed by atoms with van der Waals surface area (Å²) in [5.41, 5.74) is 6.34. The molecule has 0 bridgehead atoms. The summed E-state index contributed by atoms with van der Waals surface area (Å²) >= 11 is 0. The van der Waals surface area contributed by atoms with E-state index in [9.17, 15) is 8.42 Å². The van der Waals surface area contributed by atoms with E-state index >= 15 is 0 Å². The van der Waals surface area contributed by atoms with Crippen LogP contribution in [0.25, 0.3) is 0 Å². The van der Waals surface area contributed by atoms with Crippen LogP contribution in [0.2, 0.25) is 0 Å². The number of sulfonamides is 1. The van der Waals surface area contributed by atoms with Crippen LogP contribution in [-0.2, 0) is 21.3 Å². The van der Waals surface area contributed by atoms with Crippen molar-refractivity contribution in [1.82, 2.24) is 14.9 Å². The summed E-state index contributed by atoms with van der Waals surface area (Å²) in [5, 5.41) is 6.55. The zero-order valence-corrected chi connectivity index (χ0v) is 12.4. The van der Waals surface area contributed by atoms with Gasteiger partial charge in [0.05, 0.1) is 18.0 Å². The fourth-order valence-corrected chi connectivity index (χ4v) is 3.60. The predicted octanol–water partition coefficient (Wildman–Crippen LogP) is 0.270. The molecule has 110 valence electrons. The number of hydrogen-bond donors (Lipinski definition) is 3. The first kappa shape index (κ1) is 16.1. The quantitative estimate of drug-likeness (QED) is 0.636. The molecule has 0 aliphatic heterocycles. The van der Waals surface area contributed by atoms with Gasteiger partial charge in [-0.1, -0.05) is 13.3 Å². The second-order valence-electron chi connectivity index (χ2n) is 4.39. The Bertz CT molecular complexity index is 492. The van der Waals surface area contributed by atoms with Gasteiger partial charge in [0, 0.05) is 19.7 Å². The Morgan fingerprint density at radius 2 is 2.21 bits per heavy atom. The van der Waals surface area contributed by atoms with Gasteiger partial charge >= 0.3 is 0 Å². The highest BCUT2D eigenvalue weighted by Gasteiger charge is 2.26. The first-order valence-corrected chi connectivity index (χ1v) is 7.69. The largest absolute Gasteiger partial charge is 0.383 e. The normalized spacial score (nSPS) is 13.7. The number of nitrogens with zero attached hydrogens (tertiary/aromatic N) is 1. The van der Waals surface area contributed by atoms with Crippen molar-refractivity contribution in [1.29, 1.82) is 0 Å². The van der Waals surface area contributed by atoms with E-state index in [1.54, 1.807) is 14.0 Å². The maximum absolute atomic E-state index is 12.4. The summed E-state index contributed by atoms with van der Waals surface area (Å²) < 4.78 is 32.4. The van der Waals surface area contributed by atoms with Crippen molar-refractivity contribution in [2.75, 3.05) is 13.7 Å². The number of aromatic amines is 1. The number of hydrogen-bond acceptors (Lipinski definition) is 5. The molecule has 1 atom stereocenters. The van der Waals surface area contributed by atoms with Crippen molar-refractivity contribution in [3.05, 3.63) is 11.4 Å². The molecule has 1 rings (SSSR count). The lowest BCUT2D eigenvalue weighted by Crippen LogP contribution is -2.38. The van der Waals surface area contributed by atoms with Gasteiger partial charge in [0.25, 0.3) is 0 Å². The highest BCUT2D eigenvalue weighted by molar-refractivity contribution is 7.89. The molecule has 7 nitrogen and oxygen atoms in total. The molecule has 0 saturated heterocycles. The SMILES string of the molecule is CCCC(COC)NS(=O)(=O)c1c(CN)n[nH]c1C. The van der Waals surface area contributed by atoms with Gasteiger partial charge in [-0.15, -0.1) is 0 Å². The van der Waals surface area contributed by atoms with Crippen molar-refractivity contribution < 1.29 is 13.2 Å². The molecule has 0 aliphatic carbocycles. The number of aryl methyl sites for hydroxylation is 1. The Labute approximate surface area is 114 Å². The molecule has 0 saturated carbocycles. The summed E-state index contributed by atoms with van der Waals surface area (Å²) in [6.07, 6.45) is 1.58. The molecular formula is C11H22N4O3S. The van der Waals surface area contributed by atoms with Crippen LogP contribution in [0.4, 0.5) is 0 Å². The van der Waals surface area contributed by atoms with E-state index in [1.165, 1.54) is 0 Å². The fourth-order valence-electron chi connectivity index (χ4n) is 1.97. The van der Waals surface area contributed by atoms with Crippen LogP contribution in [0.15, 0.2) is 4.90 Å². The molecule has 0 amide bonds. The fraction of sp³-hybridized carbons (Fsp3) is 0.727. The van der Waals surface area contributed by atoms with E-state index in [1.807, 2.05) is 6.92 Å². The minimum absolute atomic E-state index is 0.0727. The standard InChI is InChI=1S/C11H22N4O3S/c1-4-5-9(7-18-3)15-19(16,17)11-8(2)13-14-10(11)6-12/h9,15H,4-7,12H2,1-3H3,(H,13,14). The van der Waals surface area contributed by atoms with E-state index in [-0.39, 0.29) is 17.5 Å². The predicted molar refractivity (Wildman–Crippen MR) is 72.1 cm³/mol. The number of H-pyrrole nitrogens is 1. The van der Waals surface area contributed by atoms with Crippen molar-refractivity contribution in [2.45, 2.75) is 44.2 Å². The van der Waals surface area contributed by atoms with Gasteiger partial charge < -0.3 is 10.5 Å². The number of rotatable bonds is 8. The lowest BCUT2D eigenvalue weighted by Gasteiger charge is -2.17. The van der Waals surface area contributed by atoms with Gasteiger partial charge in [0.2, 0.25) is 10.0 Å². The Kier molecular flexibility index (Phi) is 5.92. The van der Waals surface area contributed by atoms with Crippen molar-refractivity contribution in [2.24, 2.45) is 5.73 Å². The highest BCUT2D eigenvalue weighted by Crippen LogP contribution is 2.18. The number of methoxy groups -OCH3 is 1. The molecule has 8 heteroatoms. The van der Waals surface area contributed by atoms with Gasteiger partial charge in [-0.2, -0.15) is 5.10 Å². The zero-order chi connectivity index (χ0) is 14.5. The van der Waals surface area contributed by atoms with Crippen LogP contribution >= 0.6 is 0 Å². The third-order valence-electron chi connectivity index (χ3n) is 2.75.